The zero-order valence-electron chi connectivity index (χ0n) is 11.9. The standard InChI is InChI=1S/C16H25NO/c1-16(2,17-10-5-4-6-11-17)13-14-8-7-9-15(12-14)18-3/h7-9,12H,4-6,10-11,13H2,1-3H3. The summed E-state index contributed by atoms with van der Waals surface area (Å²) in [6, 6.07) is 8.46. The van der Waals surface area contributed by atoms with E-state index in [1.54, 1.807) is 7.11 Å². The molecule has 0 radical (unpaired) electrons. The van der Waals surface area contributed by atoms with Crippen molar-refractivity contribution in [2.24, 2.45) is 0 Å². The molecule has 0 aromatic heterocycles. The van der Waals surface area contributed by atoms with Crippen molar-refractivity contribution in [2.45, 2.75) is 45.1 Å². The lowest BCUT2D eigenvalue weighted by Crippen LogP contribution is -2.48. The van der Waals surface area contributed by atoms with Gasteiger partial charge in [0.2, 0.25) is 0 Å². The fourth-order valence-corrected chi connectivity index (χ4v) is 2.89. The quantitative estimate of drug-likeness (QED) is 0.807. The fourth-order valence-electron chi connectivity index (χ4n) is 2.89. The second-order valence-electron chi connectivity index (χ2n) is 5.89. The summed E-state index contributed by atoms with van der Waals surface area (Å²) >= 11 is 0. The van der Waals surface area contributed by atoms with Gasteiger partial charge in [-0.05, 0) is 63.9 Å². The van der Waals surface area contributed by atoms with E-state index in [9.17, 15) is 0 Å². The number of rotatable bonds is 4. The van der Waals surface area contributed by atoms with Crippen molar-refractivity contribution in [1.82, 2.24) is 4.90 Å². The van der Waals surface area contributed by atoms with Gasteiger partial charge in [0.15, 0.2) is 0 Å². The third kappa shape index (κ3) is 3.26. The van der Waals surface area contributed by atoms with E-state index >= 15 is 0 Å². The molecule has 0 saturated carbocycles. The van der Waals surface area contributed by atoms with Crippen LogP contribution in [0.15, 0.2) is 24.3 Å². The summed E-state index contributed by atoms with van der Waals surface area (Å²) in [5, 5.41) is 0. The molecular formula is C16H25NO. The van der Waals surface area contributed by atoms with Gasteiger partial charge in [-0.1, -0.05) is 18.6 Å². The van der Waals surface area contributed by atoms with Crippen molar-refractivity contribution in [3.05, 3.63) is 29.8 Å². The molecule has 2 nitrogen and oxygen atoms in total. The van der Waals surface area contributed by atoms with Crippen LogP contribution in [-0.2, 0) is 6.42 Å². The molecule has 18 heavy (non-hydrogen) atoms. The fraction of sp³-hybridized carbons (Fsp3) is 0.625. The predicted octanol–water partition coefficient (Wildman–Crippen LogP) is 3.50. The van der Waals surface area contributed by atoms with Crippen LogP contribution in [0.1, 0.15) is 38.7 Å². The van der Waals surface area contributed by atoms with Gasteiger partial charge in [0.05, 0.1) is 7.11 Å². The first-order valence-corrected chi connectivity index (χ1v) is 7.00. The second kappa shape index (κ2) is 5.75. The van der Waals surface area contributed by atoms with Gasteiger partial charge in [-0.2, -0.15) is 0 Å². The Morgan fingerprint density at radius 2 is 1.89 bits per heavy atom. The molecule has 2 rings (SSSR count). The van der Waals surface area contributed by atoms with Gasteiger partial charge in [0.25, 0.3) is 0 Å². The van der Waals surface area contributed by atoms with Crippen molar-refractivity contribution < 1.29 is 4.74 Å². The molecule has 1 aliphatic rings. The highest BCUT2D eigenvalue weighted by Crippen LogP contribution is 2.25. The average Bonchev–Trinajstić information content (AvgIpc) is 2.39. The van der Waals surface area contributed by atoms with Crippen molar-refractivity contribution in [1.29, 1.82) is 0 Å². The van der Waals surface area contributed by atoms with Gasteiger partial charge in [-0.3, -0.25) is 4.90 Å². The first-order chi connectivity index (χ1) is 8.62. The minimum absolute atomic E-state index is 0.243. The van der Waals surface area contributed by atoms with E-state index in [0.29, 0.717) is 0 Å². The molecule has 1 fully saturated rings. The Labute approximate surface area is 111 Å². The highest BCUT2D eigenvalue weighted by Gasteiger charge is 2.27. The second-order valence-corrected chi connectivity index (χ2v) is 5.89. The van der Waals surface area contributed by atoms with Gasteiger partial charge in [-0.15, -0.1) is 0 Å². The highest BCUT2D eigenvalue weighted by molar-refractivity contribution is 5.29. The molecule has 2 heteroatoms. The van der Waals surface area contributed by atoms with Crippen LogP contribution in [-0.4, -0.2) is 30.6 Å². The van der Waals surface area contributed by atoms with E-state index < -0.39 is 0 Å². The summed E-state index contributed by atoms with van der Waals surface area (Å²) in [7, 11) is 1.73. The smallest absolute Gasteiger partial charge is 0.119 e. The average molecular weight is 247 g/mol. The molecule has 0 aliphatic carbocycles. The van der Waals surface area contributed by atoms with Crippen LogP contribution in [0.5, 0.6) is 5.75 Å². The minimum Gasteiger partial charge on any atom is -0.497 e. The lowest BCUT2D eigenvalue weighted by atomic mass is 9.91. The molecule has 0 amide bonds. The summed E-state index contributed by atoms with van der Waals surface area (Å²) < 4.78 is 5.30. The van der Waals surface area contributed by atoms with Crippen LogP contribution >= 0.6 is 0 Å². The summed E-state index contributed by atoms with van der Waals surface area (Å²) in [6.45, 7) is 7.21. The molecule has 1 heterocycles. The number of piperidine rings is 1. The summed E-state index contributed by atoms with van der Waals surface area (Å²) in [5.41, 5.74) is 1.61. The normalized spacial score (nSPS) is 17.7. The van der Waals surface area contributed by atoms with Crippen LogP contribution in [0.3, 0.4) is 0 Å². The lowest BCUT2D eigenvalue weighted by Gasteiger charge is -2.41. The topological polar surface area (TPSA) is 12.5 Å². The van der Waals surface area contributed by atoms with Gasteiger partial charge in [0, 0.05) is 5.54 Å². The largest absolute Gasteiger partial charge is 0.497 e. The Morgan fingerprint density at radius 3 is 2.56 bits per heavy atom. The maximum Gasteiger partial charge on any atom is 0.119 e. The first kappa shape index (κ1) is 13.4. The van der Waals surface area contributed by atoms with E-state index in [0.717, 1.165) is 12.2 Å². The molecule has 1 saturated heterocycles. The Balaban J connectivity index is 2.05. The maximum absolute atomic E-state index is 5.30. The molecule has 0 bridgehead atoms. The number of hydrogen-bond acceptors (Lipinski definition) is 2. The summed E-state index contributed by atoms with van der Waals surface area (Å²) in [5.74, 6) is 0.960. The maximum atomic E-state index is 5.30. The Kier molecular flexibility index (Phi) is 4.28. The molecule has 1 aromatic carbocycles. The van der Waals surface area contributed by atoms with Crippen molar-refractivity contribution in [3.63, 3.8) is 0 Å². The SMILES string of the molecule is COc1cccc(CC(C)(C)N2CCCCC2)c1. The van der Waals surface area contributed by atoms with E-state index in [1.165, 1.54) is 37.9 Å². The van der Waals surface area contributed by atoms with E-state index in [-0.39, 0.29) is 5.54 Å². The van der Waals surface area contributed by atoms with E-state index in [4.69, 9.17) is 4.74 Å². The zero-order valence-corrected chi connectivity index (χ0v) is 11.9. The molecule has 0 spiro atoms. The molecule has 0 N–H and O–H groups in total. The van der Waals surface area contributed by atoms with Gasteiger partial charge in [0.1, 0.15) is 5.75 Å². The highest BCUT2D eigenvalue weighted by atomic mass is 16.5. The molecule has 100 valence electrons. The van der Waals surface area contributed by atoms with Crippen LogP contribution < -0.4 is 4.74 Å². The van der Waals surface area contributed by atoms with E-state index in [1.807, 2.05) is 6.07 Å². The van der Waals surface area contributed by atoms with Crippen molar-refractivity contribution in [2.75, 3.05) is 20.2 Å². The summed E-state index contributed by atoms with van der Waals surface area (Å²) in [4.78, 5) is 2.63. The van der Waals surface area contributed by atoms with Crippen LogP contribution in [0.2, 0.25) is 0 Å². The number of benzene rings is 1. The summed E-state index contributed by atoms with van der Waals surface area (Å²) in [6.07, 6.45) is 5.18. The first-order valence-electron chi connectivity index (χ1n) is 7.00. The molecular weight excluding hydrogens is 222 g/mol. The Hall–Kier alpha value is -1.02. The Bertz CT molecular complexity index is 380. The van der Waals surface area contributed by atoms with Crippen LogP contribution in [0.25, 0.3) is 0 Å². The van der Waals surface area contributed by atoms with Gasteiger partial charge in [-0.25, -0.2) is 0 Å². The molecule has 1 aliphatic heterocycles. The number of likely N-dealkylation sites (tertiary alicyclic amines) is 1. The van der Waals surface area contributed by atoms with Crippen LogP contribution in [0, 0.1) is 0 Å². The monoisotopic (exact) mass is 247 g/mol. The lowest BCUT2D eigenvalue weighted by molar-refractivity contribution is 0.0955. The third-order valence-electron chi connectivity index (χ3n) is 3.98. The minimum atomic E-state index is 0.243. The zero-order chi connectivity index (χ0) is 13.0. The Morgan fingerprint density at radius 1 is 1.17 bits per heavy atom. The van der Waals surface area contributed by atoms with Crippen molar-refractivity contribution >= 4 is 0 Å². The van der Waals surface area contributed by atoms with E-state index in [2.05, 4.69) is 36.9 Å². The number of methoxy groups -OCH3 is 1. The van der Waals surface area contributed by atoms with Gasteiger partial charge < -0.3 is 4.74 Å². The van der Waals surface area contributed by atoms with Gasteiger partial charge >= 0.3 is 0 Å². The number of nitrogens with zero attached hydrogens (tertiary/aromatic N) is 1. The predicted molar refractivity (Wildman–Crippen MR) is 76.2 cm³/mol. The number of hydrogen-bond donors (Lipinski definition) is 0. The number of ether oxygens (including phenoxy) is 1. The molecule has 1 aromatic rings. The van der Waals surface area contributed by atoms with Crippen molar-refractivity contribution in [3.8, 4) is 5.75 Å². The van der Waals surface area contributed by atoms with Crippen LogP contribution in [0.4, 0.5) is 0 Å². The third-order valence-corrected chi connectivity index (χ3v) is 3.98. The molecule has 0 unspecified atom stereocenters. The molecule has 0 atom stereocenters.